The summed E-state index contributed by atoms with van der Waals surface area (Å²) in [5.74, 6) is 0.939. The van der Waals surface area contributed by atoms with Crippen molar-refractivity contribution in [1.82, 2.24) is 10.2 Å². The zero-order valence-corrected chi connectivity index (χ0v) is 15.3. The average Bonchev–Trinajstić information content (AvgIpc) is 2.70. The van der Waals surface area contributed by atoms with Gasteiger partial charge in [0.25, 0.3) is 0 Å². The van der Waals surface area contributed by atoms with E-state index in [-0.39, 0.29) is 6.04 Å². The van der Waals surface area contributed by atoms with Crippen molar-refractivity contribution in [2.24, 2.45) is 0 Å². The van der Waals surface area contributed by atoms with Gasteiger partial charge < -0.3 is 10.1 Å². The highest BCUT2D eigenvalue weighted by atomic mass is 16.5. The van der Waals surface area contributed by atoms with Crippen molar-refractivity contribution >= 4 is 10.8 Å². The lowest BCUT2D eigenvalue weighted by Crippen LogP contribution is -2.45. The number of nitrogens with zero attached hydrogens (tertiary/aromatic N) is 1. The monoisotopic (exact) mass is 346 g/mol. The molecule has 0 bridgehead atoms. The minimum absolute atomic E-state index is 0.275. The fourth-order valence-corrected chi connectivity index (χ4v) is 3.85. The van der Waals surface area contributed by atoms with Gasteiger partial charge in [-0.3, -0.25) is 4.90 Å². The van der Waals surface area contributed by atoms with E-state index in [1.54, 1.807) is 0 Å². The first-order valence-electron chi connectivity index (χ1n) is 9.51. The van der Waals surface area contributed by atoms with E-state index < -0.39 is 0 Å². The average molecular weight is 346 g/mol. The summed E-state index contributed by atoms with van der Waals surface area (Å²) in [6.45, 7) is 6.93. The summed E-state index contributed by atoms with van der Waals surface area (Å²) in [7, 11) is 0. The van der Waals surface area contributed by atoms with E-state index in [2.05, 4.69) is 76.9 Å². The highest BCUT2D eigenvalue weighted by Gasteiger charge is 2.24. The predicted octanol–water partition coefficient (Wildman–Crippen LogP) is 4.23. The van der Waals surface area contributed by atoms with Crippen LogP contribution in [0.1, 0.15) is 24.1 Å². The first-order chi connectivity index (χ1) is 12.8. The highest BCUT2D eigenvalue weighted by molar-refractivity contribution is 5.83. The number of hydrogen-bond donors (Lipinski definition) is 1. The molecule has 3 nitrogen and oxygen atoms in total. The Labute approximate surface area is 155 Å². The molecule has 26 heavy (non-hydrogen) atoms. The Kier molecular flexibility index (Phi) is 5.19. The lowest BCUT2D eigenvalue weighted by Gasteiger charge is -2.35. The molecule has 0 saturated carbocycles. The maximum absolute atomic E-state index is 5.63. The van der Waals surface area contributed by atoms with Crippen molar-refractivity contribution in [3.8, 4) is 5.75 Å². The van der Waals surface area contributed by atoms with Crippen molar-refractivity contribution in [3.63, 3.8) is 0 Å². The number of benzene rings is 3. The minimum atomic E-state index is 0.275. The van der Waals surface area contributed by atoms with Crippen LogP contribution in [-0.2, 0) is 0 Å². The van der Waals surface area contributed by atoms with E-state index >= 15 is 0 Å². The Balaban J connectivity index is 1.73. The maximum atomic E-state index is 5.63. The smallest absolute Gasteiger partial charge is 0.119 e. The summed E-state index contributed by atoms with van der Waals surface area (Å²) in [6.07, 6.45) is 0. The Morgan fingerprint density at radius 2 is 1.58 bits per heavy atom. The SMILES string of the molecule is CCOc1ccc(C(c2ccc3ccccc3c2)N2CCNCC2)cc1. The van der Waals surface area contributed by atoms with Crippen molar-refractivity contribution in [2.45, 2.75) is 13.0 Å². The van der Waals surface area contributed by atoms with E-state index in [0.29, 0.717) is 6.61 Å². The van der Waals surface area contributed by atoms with Crippen LogP contribution >= 0.6 is 0 Å². The molecular formula is C23H26N2O. The molecule has 1 saturated heterocycles. The molecule has 1 aliphatic rings. The van der Waals surface area contributed by atoms with Crippen molar-refractivity contribution in [2.75, 3.05) is 32.8 Å². The number of hydrogen-bond acceptors (Lipinski definition) is 3. The number of nitrogens with one attached hydrogen (secondary N) is 1. The van der Waals surface area contributed by atoms with Gasteiger partial charge in [-0.2, -0.15) is 0 Å². The summed E-state index contributed by atoms with van der Waals surface area (Å²) in [6, 6.07) is 24.4. The van der Waals surface area contributed by atoms with Gasteiger partial charge in [0.2, 0.25) is 0 Å². The van der Waals surface area contributed by atoms with Crippen LogP contribution in [-0.4, -0.2) is 37.7 Å². The fourth-order valence-electron chi connectivity index (χ4n) is 3.85. The molecule has 3 aromatic carbocycles. The van der Waals surface area contributed by atoms with Gasteiger partial charge in [0.05, 0.1) is 12.6 Å². The van der Waals surface area contributed by atoms with E-state index in [9.17, 15) is 0 Å². The highest BCUT2D eigenvalue weighted by Crippen LogP contribution is 2.32. The van der Waals surface area contributed by atoms with E-state index in [1.807, 2.05) is 6.92 Å². The molecule has 0 spiro atoms. The lowest BCUT2D eigenvalue weighted by molar-refractivity contribution is 0.198. The number of piperazine rings is 1. The second kappa shape index (κ2) is 7.90. The van der Waals surface area contributed by atoms with Crippen LogP contribution in [0.4, 0.5) is 0 Å². The summed E-state index contributed by atoms with van der Waals surface area (Å²) in [5, 5.41) is 6.06. The van der Waals surface area contributed by atoms with Crippen LogP contribution in [0.3, 0.4) is 0 Å². The minimum Gasteiger partial charge on any atom is -0.494 e. The number of ether oxygens (including phenoxy) is 1. The second-order valence-electron chi connectivity index (χ2n) is 6.80. The van der Waals surface area contributed by atoms with E-state index in [0.717, 1.165) is 31.9 Å². The normalized spacial score (nSPS) is 16.5. The van der Waals surface area contributed by atoms with Gasteiger partial charge in [-0.1, -0.05) is 48.5 Å². The molecule has 0 aliphatic carbocycles. The maximum Gasteiger partial charge on any atom is 0.119 e. The van der Waals surface area contributed by atoms with Crippen molar-refractivity contribution in [3.05, 3.63) is 77.9 Å². The van der Waals surface area contributed by atoms with Gasteiger partial charge in [-0.05, 0) is 47.0 Å². The van der Waals surface area contributed by atoms with Crippen molar-refractivity contribution < 1.29 is 4.74 Å². The summed E-state index contributed by atoms with van der Waals surface area (Å²) in [5.41, 5.74) is 2.68. The molecule has 1 heterocycles. The summed E-state index contributed by atoms with van der Waals surface area (Å²) >= 11 is 0. The van der Waals surface area contributed by atoms with Gasteiger partial charge in [-0.15, -0.1) is 0 Å². The van der Waals surface area contributed by atoms with Gasteiger partial charge in [0.15, 0.2) is 0 Å². The zero-order chi connectivity index (χ0) is 17.8. The molecular weight excluding hydrogens is 320 g/mol. The first-order valence-corrected chi connectivity index (χ1v) is 9.51. The van der Waals surface area contributed by atoms with Gasteiger partial charge in [0.1, 0.15) is 5.75 Å². The summed E-state index contributed by atoms with van der Waals surface area (Å²) < 4.78 is 5.63. The van der Waals surface area contributed by atoms with Crippen LogP contribution in [0.5, 0.6) is 5.75 Å². The van der Waals surface area contributed by atoms with E-state index in [4.69, 9.17) is 4.74 Å². The van der Waals surface area contributed by atoms with E-state index in [1.165, 1.54) is 21.9 Å². The Morgan fingerprint density at radius 3 is 2.31 bits per heavy atom. The molecule has 4 rings (SSSR count). The molecule has 1 fully saturated rings. The number of fused-ring (bicyclic) bond motifs is 1. The molecule has 3 aromatic rings. The van der Waals surface area contributed by atoms with Crippen LogP contribution < -0.4 is 10.1 Å². The Hall–Kier alpha value is -2.36. The molecule has 3 heteroatoms. The lowest BCUT2D eigenvalue weighted by atomic mass is 9.94. The number of rotatable bonds is 5. The molecule has 1 atom stereocenters. The molecule has 1 N–H and O–H groups in total. The standard InChI is InChI=1S/C23H26N2O/c1-2-26-22-11-9-19(10-12-22)23(25-15-13-24-14-16-25)21-8-7-18-5-3-4-6-20(18)17-21/h3-12,17,23-24H,2,13-16H2,1H3. The predicted molar refractivity (Wildman–Crippen MR) is 108 cm³/mol. The molecule has 1 aliphatic heterocycles. The van der Waals surface area contributed by atoms with Crippen LogP contribution in [0.25, 0.3) is 10.8 Å². The van der Waals surface area contributed by atoms with Crippen molar-refractivity contribution in [1.29, 1.82) is 0 Å². The third-order valence-electron chi connectivity index (χ3n) is 5.11. The zero-order valence-electron chi connectivity index (χ0n) is 15.3. The molecule has 1 unspecified atom stereocenters. The van der Waals surface area contributed by atoms with Crippen LogP contribution in [0, 0.1) is 0 Å². The fraction of sp³-hybridized carbons (Fsp3) is 0.304. The second-order valence-corrected chi connectivity index (χ2v) is 6.80. The topological polar surface area (TPSA) is 24.5 Å². The molecule has 0 amide bonds. The molecule has 0 aromatic heterocycles. The molecule has 0 radical (unpaired) electrons. The quantitative estimate of drug-likeness (QED) is 0.748. The largest absolute Gasteiger partial charge is 0.494 e. The van der Waals surface area contributed by atoms with Crippen LogP contribution in [0.15, 0.2) is 66.7 Å². The van der Waals surface area contributed by atoms with Gasteiger partial charge in [-0.25, -0.2) is 0 Å². The molecule has 134 valence electrons. The van der Waals surface area contributed by atoms with Crippen LogP contribution in [0.2, 0.25) is 0 Å². The Morgan fingerprint density at radius 1 is 0.885 bits per heavy atom. The third kappa shape index (κ3) is 3.59. The third-order valence-corrected chi connectivity index (χ3v) is 5.11. The Bertz CT molecular complexity index is 853. The van der Waals surface area contributed by atoms with Gasteiger partial charge >= 0.3 is 0 Å². The van der Waals surface area contributed by atoms with Gasteiger partial charge in [0, 0.05) is 26.2 Å². The first kappa shape index (κ1) is 17.1. The summed E-state index contributed by atoms with van der Waals surface area (Å²) in [4.78, 5) is 2.58.